The van der Waals surface area contributed by atoms with Crippen LogP contribution >= 0.6 is 0 Å². The van der Waals surface area contributed by atoms with Crippen LogP contribution in [0.2, 0.25) is 0 Å². The Morgan fingerprint density at radius 3 is 2.85 bits per heavy atom. The van der Waals surface area contributed by atoms with Crippen LogP contribution in [0.3, 0.4) is 0 Å². The van der Waals surface area contributed by atoms with Gasteiger partial charge in [-0.05, 0) is 12.8 Å². The number of amides is 2. The molecular formula is C11H17N5O4. The number of aromatic amines is 1. The lowest BCUT2D eigenvalue weighted by molar-refractivity contribution is -0.145. The molecule has 2 rings (SSSR count). The van der Waals surface area contributed by atoms with Crippen LogP contribution in [0.15, 0.2) is 6.33 Å². The van der Waals surface area contributed by atoms with Gasteiger partial charge in [0.2, 0.25) is 0 Å². The van der Waals surface area contributed by atoms with Gasteiger partial charge >= 0.3 is 12.0 Å². The lowest BCUT2D eigenvalue weighted by Gasteiger charge is -2.31. The molecule has 0 bridgehead atoms. The van der Waals surface area contributed by atoms with Gasteiger partial charge in [-0.1, -0.05) is 0 Å². The summed E-state index contributed by atoms with van der Waals surface area (Å²) in [6.07, 6.45) is 2.57. The highest BCUT2D eigenvalue weighted by molar-refractivity contribution is 5.74. The van der Waals surface area contributed by atoms with Crippen molar-refractivity contribution in [1.82, 2.24) is 25.4 Å². The summed E-state index contributed by atoms with van der Waals surface area (Å²) in [5, 5.41) is 17.6. The summed E-state index contributed by atoms with van der Waals surface area (Å²) in [4.78, 5) is 27.9. The monoisotopic (exact) mass is 283 g/mol. The zero-order valence-electron chi connectivity index (χ0n) is 10.9. The van der Waals surface area contributed by atoms with Crippen LogP contribution < -0.4 is 5.32 Å². The predicted molar refractivity (Wildman–Crippen MR) is 66.8 cm³/mol. The number of carboxylic acids is 1. The number of carbonyl (C=O) groups is 2. The lowest BCUT2D eigenvalue weighted by atomic mass is 10.1. The molecule has 1 aromatic rings. The number of urea groups is 1. The molecule has 20 heavy (non-hydrogen) atoms. The van der Waals surface area contributed by atoms with E-state index in [1.54, 1.807) is 4.90 Å². The Hall–Kier alpha value is -2.16. The molecule has 0 radical (unpaired) electrons. The number of rotatable bonds is 5. The van der Waals surface area contributed by atoms with Crippen molar-refractivity contribution in [2.24, 2.45) is 0 Å². The van der Waals surface area contributed by atoms with E-state index in [9.17, 15) is 9.59 Å². The molecule has 0 spiro atoms. The first-order valence-corrected chi connectivity index (χ1v) is 6.35. The van der Waals surface area contributed by atoms with Crippen LogP contribution in [0.5, 0.6) is 0 Å². The largest absolute Gasteiger partial charge is 0.480 e. The van der Waals surface area contributed by atoms with Crippen molar-refractivity contribution >= 4 is 12.0 Å². The van der Waals surface area contributed by atoms with Gasteiger partial charge in [0, 0.05) is 13.1 Å². The van der Waals surface area contributed by atoms with Gasteiger partial charge in [0.05, 0.1) is 12.6 Å². The number of hydrogen-bond acceptors (Lipinski definition) is 5. The molecule has 2 heterocycles. The van der Waals surface area contributed by atoms with Crippen molar-refractivity contribution in [2.75, 3.05) is 19.7 Å². The Balaban J connectivity index is 1.67. The summed E-state index contributed by atoms with van der Waals surface area (Å²) >= 11 is 0. The smallest absolute Gasteiger partial charge is 0.329 e. The molecule has 1 saturated heterocycles. The molecule has 1 aliphatic rings. The summed E-state index contributed by atoms with van der Waals surface area (Å²) in [5.74, 6) is -0.379. The van der Waals surface area contributed by atoms with Gasteiger partial charge in [-0.15, -0.1) is 0 Å². The maximum Gasteiger partial charge on any atom is 0.329 e. The third-order valence-corrected chi connectivity index (χ3v) is 3.04. The maximum atomic E-state index is 11.9. The number of H-pyrrole nitrogens is 1. The highest BCUT2D eigenvalue weighted by Gasteiger charge is 2.23. The van der Waals surface area contributed by atoms with Crippen molar-refractivity contribution in [2.45, 2.75) is 25.5 Å². The second-order valence-corrected chi connectivity index (χ2v) is 4.48. The van der Waals surface area contributed by atoms with E-state index >= 15 is 0 Å². The van der Waals surface area contributed by atoms with Crippen molar-refractivity contribution in [3.05, 3.63) is 12.2 Å². The molecule has 1 aromatic heterocycles. The van der Waals surface area contributed by atoms with E-state index in [4.69, 9.17) is 9.84 Å². The van der Waals surface area contributed by atoms with Gasteiger partial charge in [0.1, 0.15) is 18.8 Å². The molecule has 0 saturated carbocycles. The van der Waals surface area contributed by atoms with E-state index < -0.39 is 5.97 Å². The fraction of sp³-hybridized carbons (Fsp3) is 0.636. The minimum absolute atomic E-state index is 0.0931. The molecule has 110 valence electrons. The number of hydrogen-bond donors (Lipinski definition) is 3. The Bertz CT molecular complexity index is 442. The zero-order valence-corrected chi connectivity index (χ0v) is 10.9. The Labute approximate surface area is 115 Å². The first kappa shape index (κ1) is 14.3. The van der Waals surface area contributed by atoms with E-state index in [0.29, 0.717) is 38.3 Å². The molecule has 0 atom stereocenters. The van der Waals surface area contributed by atoms with Crippen molar-refractivity contribution < 1.29 is 19.4 Å². The molecule has 0 aliphatic carbocycles. The lowest BCUT2D eigenvalue weighted by Crippen LogP contribution is -2.46. The number of carbonyl (C=O) groups excluding carboxylic acids is 1. The molecule has 1 aliphatic heterocycles. The third-order valence-electron chi connectivity index (χ3n) is 3.04. The molecule has 9 nitrogen and oxygen atoms in total. The fourth-order valence-electron chi connectivity index (χ4n) is 2.00. The van der Waals surface area contributed by atoms with E-state index in [1.807, 2.05) is 0 Å². The molecular weight excluding hydrogens is 266 g/mol. The second kappa shape index (κ2) is 6.85. The molecule has 0 unspecified atom stereocenters. The molecule has 2 amide bonds. The summed E-state index contributed by atoms with van der Waals surface area (Å²) in [6, 6.07) is -0.168. The van der Waals surface area contributed by atoms with Crippen LogP contribution in [0.25, 0.3) is 0 Å². The summed E-state index contributed by atoms with van der Waals surface area (Å²) in [6.45, 7) is 1.11. The third kappa shape index (κ3) is 4.19. The standard InChI is InChI=1S/C11H17N5O4/c17-10(18)6-20-8-1-3-16(4-2-8)11(19)12-5-9-13-7-14-15-9/h7-8H,1-6H2,(H,12,19)(H,17,18)(H,13,14,15). The van der Waals surface area contributed by atoms with E-state index in [1.165, 1.54) is 6.33 Å². The van der Waals surface area contributed by atoms with Gasteiger partial charge < -0.3 is 20.1 Å². The topological polar surface area (TPSA) is 120 Å². The minimum atomic E-state index is -0.975. The van der Waals surface area contributed by atoms with Crippen LogP contribution in [-0.4, -0.2) is 63.0 Å². The highest BCUT2D eigenvalue weighted by Crippen LogP contribution is 2.13. The zero-order chi connectivity index (χ0) is 14.4. The van der Waals surface area contributed by atoms with Gasteiger partial charge in [0.15, 0.2) is 0 Å². The fourth-order valence-corrected chi connectivity index (χ4v) is 2.00. The number of likely N-dealkylation sites (tertiary alicyclic amines) is 1. The average Bonchev–Trinajstić information content (AvgIpc) is 2.96. The second-order valence-electron chi connectivity index (χ2n) is 4.48. The number of aliphatic carboxylic acids is 1. The number of nitrogens with one attached hydrogen (secondary N) is 2. The van der Waals surface area contributed by atoms with Gasteiger partial charge in [-0.2, -0.15) is 5.10 Å². The van der Waals surface area contributed by atoms with Crippen molar-refractivity contribution in [1.29, 1.82) is 0 Å². The van der Waals surface area contributed by atoms with Crippen LogP contribution in [0.1, 0.15) is 18.7 Å². The number of carboxylic acid groups (broad SMARTS) is 1. The SMILES string of the molecule is O=C(O)COC1CCN(C(=O)NCc2ncn[nH]2)CC1. The van der Waals surface area contributed by atoms with Crippen LogP contribution in [-0.2, 0) is 16.1 Å². The van der Waals surface area contributed by atoms with E-state index in [2.05, 4.69) is 20.5 Å². The summed E-state index contributed by atoms with van der Waals surface area (Å²) in [5.41, 5.74) is 0. The number of aromatic nitrogens is 3. The quantitative estimate of drug-likeness (QED) is 0.675. The number of nitrogens with zero attached hydrogens (tertiary/aromatic N) is 3. The highest BCUT2D eigenvalue weighted by atomic mass is 16.5. The summed E-state index contributed by atoms with van der Waals surface area (Å²) in [7, 11) is 0. The Morgan fingerprint density at radius 1 is 1.50 bits per heavy atom. The van der Waals surface area contributed by atoms with Gasteiger partial charge in [-0.3, -0.25) is 5.10 Å². The molecule has 1 fully saturated rings. The Morgan fingerprint density at radius 2 is 2.25 bits per heavy atom. The van der Waals surface area contributed by atoms with E-state index in [0.717, 1.165) is 0 Å². The molecule has 9 heteroatoms. The Kier molecular flexibility index (Phi) is 4.88. The van der Waals surface area contributed by atoms with Crippen molar-refractivity contribution in [3.63, 3.8) is 0 Å². The summed E-state index contributed by atoms with van der Waals surface area (Å²) < 4.78 is 5.21. The number of ether oxygens (including phenoxy) is 1. The first-order valence-electron chi connectivity index (χ1n) is 6.35. The minimum Gasteiger partial charge on any atom is -0.480 e. The van der Waals surface area contributed by atoms with Crippen molar-refractivity contribution in [3.8, 4) is 0 Å². The molecule has 0 aromatic carbocycles. The normalized spacial score (nSPS) is 16.1. The van der Waals surface area contributed by atoms with Crippen LogP contribution in [0.4, 0.5) is 4.79 Å². The predicted octanol–water partition coefficient (Wildman–Crippen LogP) is -0.420. The first-order chi connectivity index (χ1) is 9.65. The van der Waals surface area contributed by atoms with E-state index in [-0.39, 0.29) is 18.7 Å². The number of piperidine rings is 1. The van der Waals surface area contributed by atoms with Crippen LogP contribution in [0, 0.1) is 0 Å². The van der Waals surface area contributed by atoms with Gasteiger partial charge in [-0.25, -0.2) is 14.6 Å². The average molecular weight is 283 g/mol. The molecule has 3 N–H and O–H groups in total. The maximum absolute atomic E-state index is 11.9. The van der Waals surface area contributed by atoms with Gasteiger partial charge in [0.25, 0.3) is 0 Å².